The molecule has 0 unspecified atom stereocenters. The third kappa shape index (κ3) is 6.17. The standard InChI is InChI=1S/C23H27NO8S/c1-15(25)24-19-21(32-33(2,26)27)20-18(14-29-22(31-20)17-11-7-4-8-12-17)30-23(19)28-13-16-9-5-3-6-10-16/h3-12,18-23H,13-14H2,1-2H3,(H,24,25)/t18-,19+,20-,21+,22-,23+/m1/s1. The van der Waals surface area contributed by atoms with Gasteiger partial charge in [0.25, 0.3) is 10.1 Å². The monoisotopic (exact) mass is 477 g/mol. The lowest BCUT2D eigenvalue weighted by Crippen LogP contribution is -2.67. The summed E-state index contributed by atoms with van der Waals surface area (Å²) in [5.41, 5.74) is 1.67. The molecule has 6 atom stereocenters. The number of hydrogen-bond acceptors (Lipinski definition) is 8. The van der Waals surface area contributed by atoms with E-state index in [1.54, 1.807) is 0 Å². The van der Waals surface area contributed by atoms with Gasteiger partial charge in [0.2, 0.25) is 5.91 Å². The molecule has 2 saturated heterocycles. The van der Waals surface area contributed by atoms with Crippen LogP contribution in [0.3, 0.4) is 0 Å². The van der Waals surface area contributed by atoms with Gasteiger partial charge in [-0.1, -0.05) is 60.7 Å². The summed E-state index contributed by atoms with van der Waals surface area (Å²) in [7, 11) is -3.90. The lowest BCUT2D eigenvalue weighted by atomic mass is 9.95. The first-order chi connectivity index (χ1) is 15.8. The Kier molecular flexibility index (Phi) is 7.42. The predicted octanol–water partition coefficient (Wildman–Crippen LogP) is 1.89. The molecule has 0 spiro atoms. The van der Waals surface area contributed by atoms with Crippen LogP contribution in [0.5, 0.6) is 0 Å². The normalized spacial score (nSPS) is 29.8. The van der Waals surface area contributed by atoms with Crippen molar-refractivity contribution in [3.05, 3.63) is 71.8 Å². The molecule has 0 aliphatic carbocycles. The molecule has 2 aromatic carbocycles. The first kappa shape index (κ1) is 23.8. The summed E-state index contributed by atoms with van der Waals surface area (Å²) >= 11 is 0. The van der Waals surface area contributed by atoms with Crippen molar-refractivity contribution in [3.8, 4) is 0 Å². The molecule has 0 bridgehead atoms. The van der Waals surface area contributed by atoms with Gasteiger partial charge in [0.1, 0.15) is 24.4 Å². The van der Waals surface area contributed by atoms with Gasteiger partial charge in [-0.25, -0.2) is 0 Å². The fraction of sp³-hybridized carbons (Fsp3) is 0.435. The first-order valence-electron chi connectivity index (χ1n) is 10.6. The molecule has 2 aliphatic heterocycles. The fourth-order valence-electron chi connectivity index (χ4n) is 3.95. The van der Waals surface area contributed by atoms with Gasteiger partial charge < -0.3 is 24.3 Å². The number of rotatable bonds is 7. The van der Waals surface area contributed by atoms with Crippen LogP contribution in [0.25, 0.3) is 0 Å². The van der Waals surface area contributed by atoms with Crippen LogP contribution in [0, 0.1) is 0 Å². The van der Waals surface area contributed by atoms with E-state index in [2.05, 4.69) is 5.32 Å². The zero-order chi connectivity index (χ0) is 23.4. The average molecular weight is 478 g/mol. The number of ether oxygens (including phenoxy) is 4. The van der Waals surface area contributed by atoms with Crippen LogP contribution in [0.4, 0.5) is 0 Å². The molecule has 1 amide bonds. The summed E-state index contributed by atoms with van der Waals surface area (Å²) < 4.78 is 53.7. The van der Waals surface area contributed by atoms with E-state index >= 15 is 0 Å². The number of amides is 1. The minimum atomic E-state index is -3.90. The van der Waals surface area contributed by atoms with Crippen LogP contribution in [0.2, 0.25) is 0 Å². The Balaban J connectivity index is 1.60. The number of nitrogens with one attached hydrogen (secondary N) is 1. The van der Waals surface area contributed by atoms with Gasteiger partial charge in [-0.3, -0.25) is 8.98 Å². The SMILES string of the molecule is CC(=O)N[C@@H]1[C@@H](OCc2ccccc2)O[C@@H]2CO[C@@H](c3ccccc3)O[C@H]2[C@H]1OS(C)(=O)=O. The van der Waals surface area contributed by atoms with Crippen molar-refractivity contribution in [2.24, 2.45) is 0 Å². The number of carbonyl (C=O) groups excluding carboxylic acids is 1. The first-order valence-corrected chi connectivity index (χ1v) is 12.4. The Hall–Kier alpha value is -2.34. The third-order valence-corrected chi connectivity index (χ3v) is 5.90. The van der Waals surface area contributed by atoms with Gasteiger partial charge in [-0.2, -0.15) is 8.42 Å². The van der Waals surface area contributed by atoms with Gasteiger partial charge in [0.15, 0.2) is 12.6 Å². The average Bonchev–Trinajstić information content (AvgIpc) is 2.79. The molecule has 9 nitrogen and oxygen atoms in total. The Morgan fingerprint density at radius 2 is 1.73 bits per heavy atom. The highest BCUT2D eigenvalue weighted by molar-refractivity contribution is 7.86. The second kappa shape index (κ2) is 10.3. The van der Waals surface area contributed by atoms with Crippen molar-refractivity contribution in [2.45, 2.75) is 50.5 Å². The van der Waals surface area contributed by atoms with Gasteiger partial charge in [0, 0.05) is 12.5 Å². The van der Waals surface area contributed by atoms with E-state index in [1.165, 1.54) is 6.92 Å². The van der Waals surface area contributed by atoms with Gasteiger partial charge >= 0.3 is 0 Å². The molecule has 2 heterocycles. The summed E-state index contributed by atoms with van der Waals surface area (Å²) in [4.78, 5) is 12.0. The molecule has 1 N–H and O–H groups in total. The smallest absolute Gasteiger partial charge is 0.264 e. The highest BCUT2D eigenvalue weighted by Gasteiger charge is 2.52. The summed E-state index contributed by atoms with van der Waals surface area (Å²) in [6.45, 7) is 1.65. The summed E-state index contributed by atoms with van der Waals surface area (Å²) in [5, 5.41) is 2.73. The molecule has 2 aliphatic rings. The third-order valence-electron chi connectivity index (χ3n) is 5.32. The second-order valence-corrected chi connectivity index (χ2v) is 9.61. The predicted molar refractivity (Wildman–Crippen MR) is 117 cm³/mol. The van der Waals surface area contributed by atoms with E-state index in [4.69, 9.17) is 23.1 Å². The zero-order valence-electron chi connectivity index (χ0n) is 18.3. The largest absolute Gasteiger partial charge is 0.346 e. The van der Waals surface area contributed by atoms with Crippen molar-refractivity contribution >= 4 is 16.0 Å². The Bertz CT molecular complexity index is 1030. The van der Waals surface area contributed by atoms with Gasteiger partial charge in [0.05, 0.1) is 19.5 Å². The van der Waals surface area contributed by atoms with Crippen molar-refractivity contribution in [1.82, 2.24) is 5.32 Å². The molecule has 0 saturated carbocycles. The van der Waals surface area contributed by atoms with Gasteiger partial charge in [-0.15, -0.1) is 0 Å². The van der Waals surface area contributed by atoms with E-state index < -0.39 is 47.1 Å². The van der Waals surface area contributed by atoms with Crippen LogP contribution in [0.15, 0.2) is 60.7 Å². The molecule has 4 rings (SSSR count). The van der Waals surface area contributed by atoms with E-state index in [-0.39, 0.29) is 19.1 Å². The molecule has 33 heavy (non-hydrogen) atoms. The van der Waals surface area contributed by atoms with Gasteiger partial charge in [-0.05, 0) is 5.56 Å². The Morgan fingerprint density at radius 3 is 2.36 bits per heavy atom. The van der Waals surface area contributed by atoms with Crippen LogP contribution in [0.1, 0.15) is 24.3 Å². The number of carbonyl (C=O) groups is 1. The minimum absolute atomic E-state index is 0.131. The summed E-state index contributed by atoms with van der Waals surface area (Å²) in [6.07, 6.45) is -3.34. The molecular weight excluding hydrogens is 450 g/mol. The molecule has 178 valence electrons. The second-order valence-electron chi connectivity index (χ2n) is 8.01. The topological polar surface area (TPSA) is 109 Å². The summed E-state index contributed by atoms with van der Waals surface area (Å²) in [6, 6.07) is 17.8. The van der Waals surface area contributed by atoms with E-state index in [9.17, 15) is 13.2 Å². The minimum Gasteiger partial charge on any atom is -0.346 e. The Morgan fingerprint density at radius 1 is 1.06 bits per heavy atom. The molecule has 2 aromatic rings. The van der Waals surface area contributed by atoms with E-state index in [0.717, 1.165) is 17.4 Å². The molecule has 10 heteroatoms. The summed E-state index contributed by atoms with van der Waals surface area (Å²) in [5.74, 6) is -0.385. The van der Waals surface area contributed by atoms with Crippen molar-refractivity contribution in [1.29, 1.82) is 0 Å². The van der Waals surface area contributed by atoms with Crippen molar-refractivity contribution < 1.29 is 36.3 Å². The van der Waals surface area contributed by atoms with Crippen LogP contribution >= 0.6 is 0 Å². The molecule has 0 aromatic heterocycles. The fourth-order valence-corrected chi connectivity index (χ4v) is 4.58. The number of hydrogen-bond donors (Lipinski definition) is 1. The maximum Gasteiger partial charge on any atom is 0.264 e. The van der Waals surface area contributed by atoms with Crippen LogP contribution in [-0.4, -0.2) is 57.8 Å². The molecule has 0 radical (unpaired) electrons. The Labute approximate surface area is 193 Å². The highest BCUT2D eigenvalue weighted by Crippen LogP contribution is 2.36. The van der Waals surface area contributed by atoms with Crippen LogP contribution in [-0.2, 0) is 44.7 Å². The number of benzene rings is 2. The van der Waals surface area contributed by atoms with Crippen molar-refractivity contribution in [2.75, 3.05) is 12.9 Å². The molecular formula is C23H27NO8S. The van der Waals surface area contributed by atoms with E-state index in [0.29, 0.717) is 0 Å². The maximum atomic E-state index is 12.1. The van der Waals surface area contributed by atoms with Crippen LogP contribution < -0.4 is 5.32 Å². The maximum absolute atomic E-state index is 12.1. The van der Waals surface area contributed by atoms with Crippen molar-refractivity contribution in [3.63, 3.8) is 0 Å². The zero-order valence-corrected chi connectivity index (χ0v) is 19.1. The van der Waals surface area contributed by atoms with E-state index in [1.807, 2.05) is 60.7 Å². The quantitative estimate of drug-likeness (QED) is 0.602. The molecule has 2 fully saturated rings. The lowest BCUT2D eigenvalue weighted by molar-refractivity contribution is -0.342. The highest BCUT2D eigenvalue weighted by atomic mass is 32.2. The lowest BCUT2D eigenvalue weighted by Gasteiger charge is -2.48. The number of fused-ring (bicyclic) bond motifs is 1.